The summed E-state index contributed by atoms with van der Waals surface area (Å²) in [6.07, 6.45) is 0. The summed E-state index contributed by atoms with van der Waals surface area (Å²) in [5, 5.41) is 3.37. The van der Waals surface area contributed by atoms with Crippen molar-refractivity contribution >= 4 is 44.4 Å². The van der Waals surface area contributed by atoms with Crippen molar-refractivity contribution in [3.05, 3.63) is 60.7 Å². The summed E-state index contributed by atoms with van der Waals surface area (Å²) in [5.41, 5.74) is 2.39. The molecule has 0 radical (unpaired) electrons. The van der Waals surface area contributed by atoms with E-state index < -0.39 is 10.0 Å². The molecule has 12 heteroatoms. The van der Waals surface area contributed by atoms with E-state index >= 15 is 0 Å². The van der Waals surface area contributed by atoms with Crippen molar-refractivity contribution in [1.29, 1.82) is 0 Å². The van der Waals surface area contributed by atoms with Crippen LogP contribution in [0.1, 0.15) is 13.8 Å². The Morgan fingerprint density at radius 1 is 0.950 bits per heavy atom. The number of amides is 1. The number of carbonyl (C=O) groups excluding carboxylic acids is 1. The van der Waals surface area contributed by atoms with Gasteiger partial charge in [0.05, 0.1) is 54.4 Å². The molecule has 4 aromatic rings. The second-order valence-electron chi connectivity index (χ2n) is 8.54. The van der Waals surface area contributed by atoms with Gasteiger partial charge in [-0.1, -0.05) is 37.7 Å². The Hall–Kier alpha value is -3.74. The number of nitrogens with zero attached hydrogens (tertiary/aromatic N) is 3. The number of benzene rings is 3. The predicted octanol–water partition coefficient (Wildman–Crippen LogP) is 4.81. The number of hydrogen-bond donors (Lipinski definition) is 1. The summed E-state index contributed by atoms with van der Waals surface area (Å²) in [4.78, 5) is 17.9. The minimum absolute atomic E-state index is 0.0399. The summed E-state index contributed by atoms with van der Waals surface area (Å²) < 4.78 is 45.8. The summed E-state index contributed by atoms with van der Waals surface area (Å²) in [5.74, 6) is 1.46. The van der Waals surface area contributed by atoms with Crippen LogP contribution in [0.25, 0.3) is 16.7 Å². The van der Waals surface area contributed by atoms with E-state index in [0.717, 1.165) is 0 Å². The van der Waals surface area contributed by atoms with Crippen LogP contribution in [0.2, 0.25) is 0 Å². The van der Waals surface area contributed by atoms with Crippen LogP contribution in [-0.2, 0) is 14.8 Å². The average molecular weight is 585 g/mol. The molecule has 1 heterocycles. The molecule has 1 N–H and O–H groups in total. The topological polar surface area (TPSA) is 112 Å². The van der Waals surface area contributed by atoms with Crippen molar-refractivity contribution in [3.8, 4) is 22.9 Å². The lowest BCUT2D eigenvalue weighted by Gasteiger charge is -2.18. The largest absolute Gasteiger partial charge is 0.497 e. The number of anilines is 1. The molecule has 0 atom stereocenters. The Morgan fingerprint density at radius 3 is 2.35 bits per heavy atom. The van der Waals surface area contributed by atoms with Crippen LogP contribution in [0, 0.1) is 0 Å². The van der Waals surface area contributed by atoms with E-state index in [0.29, 0.717) is 57.9 Å². The van der Waals surface area contributed by atoms with Gasteiger partial charge in [0.25, 0.3) is 0 Å². The molecule has 0 aliphatic carbocycles. The van der Waals surface area contributed by atoms with Gasteiger partial charge in [0.1, 0.15) is 17.2 Å². The van der Waals surface area contributed by atoms with Gasteiger partial charge in [-0.2, -0.15) is 4.31 Å². The first-order valence-corrected chi connectivity index (χ1v) is 15.0. The summed E-state index contributed by atoms with van der Waals surface area (Å²) in [6, 6.07) is 17.5. The molecule has 0 saturated carbocycles. The molecular weight excluding hydrogens is 552 g/mol. The van der Waals surface area contributed by atoms with Crippen LogP contribution >= 0.6 is 11.8 Å². The Bertz CT molecular complexity index is 1620. The van der Waals surface area contributed by atoms with E-state index in [1.165, 1.54) is 23.2 Å². The zero-order valence-corrected chi connectivity index (χ0v) is 24.6. The maximum absolute atomic E-state index is 13.2. The molecule has 4 rings (SSSR count). The van der Waals surface area contributed by atoms with Crippen LogP contribution in [0.5, 0.6) is 17.2 Å². The first-order chi connectivity index (χ1) is 19.3. The molecule has 0 fully saturated rings. The summed E-state index contributed by atoms with van der Waals surface area (Å²) in [6.45, 7) is 4.33. The highest BCUT2D eigenvalue weighted by Gasteiger charge is 2.24. The van der Waals surface area contributed by atoms with E-state index in [-0.39, 0.29) is 16.6 Å². The maximum atomic E-state index is 13.2. The van der Waals surface area contributed by atoms with Crippen molar-refractivity contribution in [3.63, 3.8) is 0 Å². The standard InChI is InChI=1S/C28H32N4O6S2/c1-6-31(7-2)40(34,35)20-13-15-23-22(17-20)30-28(32(23)24-10-8-9-11-25(24)37-4)39-18-27(33)29-21-14-12-19(36-3)16-26(21)38-5/h8-17H,6-7,18H2,1-5H3,(H,29,33). The zero-order chi connectivity index (χ0) is 28.9. The van der Waals surface area contributed by atoms with Crippen LogP contribution in [0.3, 0.4) is 0 Å². The third kappa shape index (κ3) is 5.88. The molecule has 40 heavy (non-hydrogen) atoms. The van der Waals surface area contributed by atoms with Crippen LogP contribution in [-0.4, -0.2) is 68.4 Å². The van der Waals surface area contributed by atoms with Crippen LogP contribution in [0.15, 0.2) is 70.7 Å². The number of methoxy groups -OCH3 is 3. The highest BCUT2D eigenvalue weighted by Crippen LogP contribution is 2.34. The van der Waals surface area contributed by atoms with Gasteiger partial charge in [-0.25, -0.2) is 13.4 Å². The number of carbonyl (C=O) groups is 1. The Balaban J connectivity index is 1.71. The van der Waals surface area contributed by atoms with Crippen LogP contribution < -0.4 is 19.5 Å². The highest BCUT2D eigenvalue weighted by atomic mass is 32.2. The summed E-state index contributed by atoms with van der Waals surface area (Å²) >= 11 is 1.22. The second-order valence-corrected chi connectivity index (χ2v) is 11.4. The lowest BCUT2D eigenvalue weighted by atomic mass is 10.2. The van der Waals surface area contributed by atoms with Gasteiger partial charge in [-0.15, -0.1) is 0 Å². The van der Waals surface area contributed by atoms with Gasteiger partial charge < -0.3 is 19.5 Å². The number of imidazole rings is 1. The van der Waals surface area contributed by atoms with Gasteiger partial charge in [0.2, 0.25) is 15.9 Å². The molecule has 3 aromatic carbocycles. The number of sulfonamides is 1. The predicted molar refractivity (Wildman–Crippen MR) is 157 cm³/mol. The van der Waals surface area contributed by atoms with Gasteiger partial charge in [-0.05, 0) is 42.5 Å². The van der Waals surface area contributed by atoms with Crippen molar-refractivity contribution < 1.29 is 27.4 Å². The molecule has 0 spiro atoms. The molecule has 1 aromatic heterocycles. The minimum Gasteiger partial charge on any atom is -0.497 e. The van der Waals surface area contributed by atoms with E-state index in [2.05, 4.69) is 5.32 Å². The molecule has 10 nitrogen and oxygen atoms in total. The SMILES string of the molecule is CCN(CC)S(=O)(=O)c1ccc2c(c1)nc(SCC(=O)Nc1ccc(OC)cc1OC)n2-c1ccccc1OC. The van der Waals surface area contributed by atoms with Gasteiger partial charge in [0, 0.05) is 19.2 Å². The number of thioether (sulfide) groups is 1. The maximum Gasteiger partial charge on any atom is 0.243 e. The highest BCUT2D eigenvalue weighted by molar-refractivity contribution is 7.99. The molecular formula is C28H32N4O6S2. The third-order valence-electron chi connectivity index (χ3n) is 6.28. The van der Waals surface area contributed by atoms with E-state index in [4.69, 9.17) is 19.2 Å². The van der Waals surface area contributed by atoms with Crippen molar-refractivity contribution in [2.24, 2.45) is 0 Å². The van der Waals surface area contributed by atoms with Crippen molar-refractivity contribution in [2.75, 3.05) is 45.5 Å². The Kier molecular flexibility index (Phi) is 9.23. The van der Waals surface area contributed by atoms with Gasteiger partial charge in [-0.3, -0.25) is 9.36 Å². The lowest BCUT2D eigenvalue weighted by molar-refractivity contribution is -0.113. The quantitative estimate of drug-likeness (QED) is 0.236. The monoisotopic (exact) mass is 584 g/mol. The minimum atomic E-state index is -3.68. The third-order valence-corrected chi connectivity index (χ3v) is 9.26. The zero-order valence-electron chi connectivity index (χ0n) is 23.0. The Morgan fingerprint density at radius 2 is 1.68 bits per heavy atom. The molecule has 0 aliphatic rings. The lowest BCUT2D eigenvalue weighted by Crippen LogP contribution is -2.30. The van der Waals surface area contributed by atoms with Gasteiger partial charge >= 0.3 is 0 Å². The Labute approximate surface area is 238 Å². The molecule has 0 unspecified atom stereocenters. The number of fused-ring (bicyclic) bond motifs is 1. The fourth-order valence-corrected chi connectivity index (χ4v) is 6.57. The number of rotatable bonds is 12. The van der Waals surface area contributed by atoms with Crippen molar-refractivity contribution in [2.45, 2.75) is 23.9 Å². The number of ether oxygens (including phenoxy) is 3. The van der Waals surface area contributed by atoms with Crippen LogP contribution in [0.4, 0.5) is 5.69 Å². The average Bonchev–Trinajstić information content (AvgIpc) is 3.34. The molecule has 0 saturated heterocycles. The number of aromatic nitrogens is 2. The first kappa shape index (κ1) is 29.2. The normalized spacial score (nSPS) is 11.6. The second kappa shape index (κ2) is 12.6. The first-order valence-electron chi connectivity index (χ1n) is 12.6. The number of nitrogens with one attached hydrogen (secondary N) is 1. The number of hydrogen-bond acceptors (Lipinski definition) is 8. The van der Waals surface area contributed by atoms with Crippen molar-refractivity contribution in [1.82, 2.24) is 13.9 Å². The van der Waals surface area contributed by atoms with Gasteiger partial charge in [0.15, 0.2) is 5.16 Å². The van der Waals surface area contributed by atoms with E-state index in [9.17, 15) is 13.2 Å². The fourth-order valence-electron chi connectivity index (χ4n) is 4.27. The molecule has 212 valence electrons. The van der Waals surface area contributed by atoms with E-state index in [1.807, 2.05) is 28.8 Å². The molecule has 1 amide bonds. The number of para-hydroxylation sites is 2. The summed E-state index contributed by atoms with van der Waals surface area (Å²) in [7, 11) is 0.973. The fraction of sp³-hybridized carbons (Fsp3) is 0.286. The molecule has 0 bridgehead atoms. The molecule has 0 aliphatic heterocycles. The smallest absolute Gasteiger partial charge is 0.243 e. The van der Waals surface area contributed by atoms with E-state index in [1.54, 1.807) is 64.5 Å².